The van der Waals surface area contributed by atoms with Crippen LogP contribution in [0.2, 0.25) is 0 Å². The number of fused-ring (bicyclic) bond motifs is 5. The highest BCUT2D eigenvalue weighted by Gasteiger charge is 2.61. The summed E-state index contributed by atoms with van der Waals surface area (Å²) in [5.41, 5.74) is 0.935. The molecule has 4 rings (SSSR count). The zero-order valence-electron chi connectivity index (χ0n) is 15.7. The molecule has 23 heavy (non-hydrogen) atoms. The fraction of sp³-hybridized carbons (Fsp3) is 0.955. The van der Waals surface area contributed by atoms with Crippen molar-refractivity contribution in [3.05, 3.63) is 0 Å². The van der Waals surface area contributed by atoms with Gasteiger partial charge in [0.15, 0.2) is 0 Å². The van der Waals surface area contributed by atoms with E-state index in [-0.39, 0.29) is 0 Å². The third kappa shape index (κ3) is 2.13. The highest BCUT2D eigenvalue weighted by molar-refractivity contribution is 5.80. The summed E-state index contributed by atoms with van der Waals surface area (Å²) in [4.78, 5) is 12.4. The Morgan fingerprint density at radius 1 is 0.913 bits per heavy atom. The van der Waals surface area contributed by atoms with Gasteiger partial charge in [-0.3, -0.25) is 4.79 Å². The van der Waals surface area contributed by atoms with Gasteiger partial charge in [-0.05, 0) is 92.3 Å². The number of ketones is 1. The molecule has 4 aliphatic carbocycles. The van der Waals surface area contributed by atoms with Crippen LogP contribution in [-0.4, -0.2) is 5.78 Å². The molecular weight excluding hydrogens is 280 g/mol. The van der Waals surface area contributed by atoms with Crippen molar-refractivity contribution in [3.8, 4) is 0 Å². The number of Topliss-reactive ketones (excluding diaryl/α,β-unsaturated/α-hetero) is 1. The van der Waals surface area contributed by atoms with E-state index in [4.69, 9.17) is 0 Å². The van der Waals surface area contributed by atoms with Crippen molar-refractivity contribution in [1.29, 1.82) is 0 Å². The minimum Gasteiger partial charge on any atom is -0.300 e. The van der Waals surface area contributed by atoms with Crippen molar-refractivity contribution < 1.29 is 4.79 Å². The van der Waals surface area contributed by atoms with Gasteiger partial charge in [0.1, 0.15) is 5.78 Å². The summed E-state index contributed by atoms with van der Waals surface area (Å²) in [7, 11) is 0. The summed E-state index contributed by atoms with van der Waals surface area (Å²) in [6, 6.07) is 0. The fourth-order valence-corrected chi connectivity index (χ4v) is 8.52. The minimum atomic E-state index is 0.310. The molecule has 0 amide bonds. The second kappa shape index (κ2) is 5.33. The molecule has 0 aromatic heterocycles. The first-order chi connectivity index (χ1) is 10.9. The number of carbonyl (C=O) groups is 1. The Balaban J connectivity index is 1.66. The molecule has 0 heterocycles. The van der Waals surface area contributed by atoms with E-state index >= 15 is 0 Å². The van der Waals surface area contributed by atoms with Crippen molar-refractivity contribution in [2.75, 3.05) is 0 Å². The van der Waals surface area contributed by atoms with Gasteiger partial charge < -0.3 is 0 Å². The van der Waals surface area contributed by atoms with Crippen molar-refractivity contribution in [3.63, 3.8) is 0 Å². The van der Waals surface area contributed by atoms with Gasteiger partial charge in [-0.1, -0.05) is 33.6 Å². The summed E-state index contributed by atoms with van der Waals surface area (Å²) in [5.74, 6) is 5.12. The molecule has 0 unspecified atom stereocenters. The van der Waals surface area contributed by atoms with Crippen molar-refractivity contribution in [2.45, 2.75) is 85.5 Å². The first-order valence-corrected chi connectivity index (χ1v) is 10.4. The zero-order chi connectivity index (χ0) is 16.4. The van der Waals surface area contributed by atoms with E-state index in [2.05, 4.69) is 20.8 Å². The fourth-order valence-electron chi connectivity index (χ4n) is 8.52. The first-order valence-electron chi connectivity index (χ1n) is 10.4. The van der Waals surface area contributed by atoms with Crippen LogP contribution in [0.5, 0.6) is 0 Å². The van der Waals surface area contributed by atoms with E-state index in [1.54, 1.807) is 0 Å². The summed E-state index contributed by atoms with van der Waals surface area (Å²) in [6.07, 6.45) is 12.9. The molecule has 0 aromatic carbocycles. The number of rotatable bonds is 1. The van der Waals surface area contributed by atoms with Crippen molar-refractivity contribution in [1.82, 2.24) is 0 Å². The lowest BCUT2D eigenvalue weighted by Crippen LogP contribution is -2.53. The van der Waals surface area contributed by atoms with Gasteiger partial charge in [-0.2, -0.15) is 0 Å². The maximum atomic E-state index is 12.4. The predicted octanol–water partition coefficient (Wildman–Crippen LogP) is 5.87. The smallest absolute Gasteiger partial charge is 0.133 e. The van der Waals surface area contributed by atoms with Crippen LogP contribution in [0.3, 0.4) is 0 Å². The Hall–Kier alpha value is -0.330. The lowest BCUT2D eigenvalue weighted by atomic mass is 9.45. The molecule has 0 aliphatic heterocycles. The summed E-state index contributed by atoms with van der Waals surface area (Å²) in [5, 5.41) is 0. The molecule has 0 aromatic rings. The molecule has 8 atom stereocenters. The average molecular weight is 317 g/mol. The van der Waals surface area contributed by atoms with Crippen LogP contribution in [0.1, 0.15) is 85.5 Å². The SMILES string of the molecule is CC(=O)[C@@H]1[C@H](C)C[C@@H]2[C@@H]3CC[C@H]4CCCC[C@]4(C)[C@@H]3CC[C@@]21C. The quantitative estimate of drug-likeness (QED) is 0.591. The summed E-state index contributed by atoms with van der Waals surface area (Å²) < 4.78 is 0. The largest absolute Gasteiger partial charge is 0.300 e. The second-order valence-corrected chi connectivity index (χ2v) is 10.2. The average Bonchev–Trinajstić information content (AvgIpc) is 2.77. The second-order valence-electron chi connectivity index (χ2n) is 10.2. The molecule has 1 nitrogen and oxygen atoms in total. The Labute approximate surface area is 143 Å². The van der Waals surface area contributed by atoms with Crippen LogP contribution in [0.15, 0.2) is 0 Å². The summed E-state index contributed by atoms with van der Waals surface area (Å²) in [6.45, 7) is 9.36. The Morgan fingerprint density at radius 3 is 2.43 bits per heavy atom. The van der Waals surface area contributed by atoms with E-state index in [0.717, 1.165) is 23.7 Å². The zero-order valence-corrected chi connectivity index (χ0v) is 15.7. The molecule has 4 saturated carbocycles. The van der Waals surface area contributed by atoms with Crippen molar-refractivity contribution >= 4 is 5.78 Å². The number of carbonyl (C=O) groups excluding carboxylic acids is 1. The van der Waals surface area contributed by atoms with Gasteiger partial charge in [0.05, 0.1) is 0 Å². The highest BCUT2D eigenvalue weighted by Crippen LogP contribution is 2.68. The van der Waals surface area contributed by atoms with Gasteiger partial charge >= 0.3 is 0 Å². The third-order valence-corrected chi connectivity index (χ3v) is 9.36. The number of hydrogen-bond acceptors (Lipinski definition) is 1. The summed E-state index contributed by atoms with van der Waals surface area (Å²) >= 11 is 0. The van der Waals surface area contributed by atoms with Gasteiger partial charge in [0, 0.05) is 5.92 Å². The molecule has 0 saturated heterocycles. The van der Waals surface area contributed by atoms with Crippen LogP contribution in [0, 0.1) is 46.3 Å². The van der Waals surface area contributed by atoms with Gasteiger partial charge in [0.2, 0.25) is 0 Å². The van der Waals surface area contributed by atoms with Crippen LogP contribution in [0.25, 0.3) is 0 Å². The van der Waals surface area contributed by atoms with Crippen molar-refractivity contribution in [2.24, 2.45) is 46.3 Å². The van der Waals surface area contributed by atoms with Crippen LogP contribution < -0.4 is 0 Å². The van der Waals surface area contributed by atoms with Gasteiger partial charge in [0.25, 0.3) is 0 Å². The molecule has 1 heteroatoms. The lowest BCUT2D eigenvalue weighted by molar-refractivity contribution is -0.134. The minimum absolute atomic E-state index is 0.310. The standard InChI is InChI=1S/C22H36O/c1-14-13-19-17-9-8-16-7-5-6-11-21(16,3)18(17)10-12-22(19,4)20(14)15(2)23/h14,16-20H,5-13H2,1-4H3/t14-,16-,17-,18-,19-,20+,21+,22+/m1/s1. The molecule has 4 aliphatic rings. The van der Waals surface area contributed by atoms with Crippen LogP contribution in [0.4, 0.5) is 0 Å². The molecule has 130 valence electrons. The van der Waals surface area contributed by atoms with E-state index in [1.807, 2.05) is 6.92 Å². The van der Waals surface area contributed by atoms with Gasteiger partial charge in [-0.15, -0.1) is 0 Å². The number of hydrogen-bond donors (Lipinski definition) is 0. The van der Waals surface area contributed by atoms with E-state index in [1.165, 1.54) is 57.8 Å². The Morgan fingerprint density at radius 2 is 1.70 bits per heavy atom. The van der Waals surface area contributed by atoms with E-state index < -0.39 is 0 Å². The molecule has 0 bridgehead atoms. The molecule has 0 spiro atoms. The molecule has 0 radical (unpaired) electrons. The normalized spacial score (nSPS) is 55.7. The first kappa shape index (κ1) is 16.2. The van der Waals surface area contributed by atoms with E-state index in [9.17, 15) is 4.79 Å². The molecule has 4 fully saturated rings. The highest BCUT2D eigenvalue weighted by atomic mass is 16.1. The van der Waals surface area contributed by atoms with Crippen LogP contribution >= 0.6 is 0 Å². The maximum absolute atomic E-state index is 12.4. The monoisotopic (exact) mass is 316 g/mol. The van der Waals surface area contributed by atoms with E-state index in [0.29, 0.717) is 28.4 Å². The molecular formula is C22H36O. The van der Waals surface area contributed by atoms with Gasteiger partial charge in [-0.25, -0.2) is 0 Å². The topological polar surface area (TPSA) is 17.1 Å². The van der Waals surface area contributed by atoms with Crippen LogP contribution in [-0.2, 0) is 4.79 Å². The lowest BCUT2D eigenvalue weighted by Gasteiger charge is -2.60. The Kier molecular flexibility index (Phi) is 3.75. The molecule has 0 N–H and O–H groups in total. The predicted molar refractivity (Wildman–Crippen MR) is 95.1 cm³/mol. The third-order valence-electron chi connectivity index (χ3n) is 9.36. The Bertz CT molecular complexity index is 496. The maximum Gasteiger partial charge on any atom is 0.133 e.